The van der Waals surface area contributed by atoms with Gasteiger partial charge in [0, 0.05) is 24.8 Å². The van der Waals surface area contributed by atoms with Crippen molar-refractivity contribution >= 4 is 23.0 Å². The summed E-state index contributed by atoms with van der Waals surface area (Å²) in [5.74, 6) is 0.244. The second-order valence-corrected chi connectivity index (χ2v) is 8.51. The van der Waals surface area contributed by atoms with Crippen LogP contribution in [0.25, 0.3) is 16.8 Å². The summed E-state index contributed by atoms with van der Waals surface area (Å²) in [6.07, 6.45) is 3.04. The van der Waals surface area contributed by atoms with Gasteiger partial charge in [-0.3, -0.25) is 4.79 Å². The highest BCUT2D eigenvalue weighted by molar-refractivity contribution is 6.30. The van der Waals surface area contributed by atoms with Crippen LogP contribution in [0.4, 0.5) is 0 Å². The molecule has 5 rings (SSSR count). The zero-order valence-corrected chi connectivity index (χ0v) is 18.2. The molecule has 0 fully saturated rings. The first-order valence-corrected chi connectivity index (χ1v) is 10.7. The van der Waals surface area contributed by atoms with E-state index in [1.165, 1.54) is 11.1 Å². The smallest absolute Gasteiger partial charge is 0.166 e. The van der Waals surface area contributed by atoms with Crippen LogP contribution >= 0.6 is 11.6 Å². The standard InChI is InChI=1S/C25H22ClN3O2/c1-15-3-5-16(6-4-15)18-11-21-20(23(30)12-18)13-29-25(27-21)24(22(28-29)14-31-2)17-7-9-19(26)10-8-17/h3-10,13,18H,11-12,14H2,1-2H3. The summed E-state index contributed by atoms with van der Waals surface area (Å²) in [7, 11) is 1.64. The Hall–Kier alpha value is -3.02. The molecule has 0 saturated heterocycles. The Morgan fingerprint density at radius 2 is 1.84 bits per heavy atom. The number of hydrogen-bond acceptors (Lipinski definition) is 4. The number of nitrogens with zero attached hydrogens (tertiary/aromatic N) is 3. The van der Waals surface area contributed by atoms with Gasteiger partial charge in [0.25, 0.3) is 0 Å². The molecule has 2 aromatic heterocycles. The molecule has 2 heterocycles. The number of Topliss-reactive ketones (excluding diaryl/α,β-unsaturated/α-hetero) is 1. The highest BCUT2D eigenvalue weighted by atomic mass is 35.5. The minimum Gasteiger partial charge on any atom is -0.378 e. The average Bonchev–Trinajstić information content (AvgIpc) is 3.11. The lowest BCUT2D eigenvalue weighted by molar-refractivity contribution is 0.0962. The van der Waals surface area contributed by atoms with E-state index in [9.17, 15) is 4.79 Å². The fourth-order valence-corrected chi connectivity index (χ4v) is 4.43. The third kappa shape index (κ3) is 3.64. The lowest BCUT2D eigenvalue weighted by atomic mass is 9.82. The first kappa shape index (κ1) is 19.9. The molecule has 0 N–H and O–H groups in total. The molecule has 0 radical (unpaired) electrons. The molecule has 31 heavy (non-hydrogen) atoms. The molecule has 0 saturated carbocycles. The maximum atomic E-state index is 13.0. The number of fused-ring (bicyclic) bond motifs is 2. The summed E-state index contributed by atoms with van der Waals surface area (Å²) in [5, 5.41) is 5.35. The summed E-state index contributed by atoms with van der Waals surface area (Å²) >= 11 is 6.09. The van der Waals surface area contributed by atoms with Crippen LogP contribution in [0, 0.1) is 6.92 Å². The van der Waals surface area contributed by atoms with E-state index in [0.29, 0.717) is 23.6 Å². The molecule has 0 spiro atoms. The topological polar surface area (TPSA) is 56.5 Å². The Morgan fingerprint density at radius 3 is 2.55 bits per heavy atom. The van der Waals surface area contributed by atoms with Crippen LogP contribution in [0.2, 0.25) is 5.02 Å². The van der Waals surface area contributed by atoms with Gasteiger partial charge in [-0.25, -0.2) is 9.50 Å². The molecule has 2 aromatic carbocycles. The average molecular weight is 432 g/mol. The van der Waals surface area contributed by atoms with Crippen molar-refractivity contribution in [2.75, 3.05) is 7.11 Å². The summed E-state index contributed by atoms with van der Waals surface area (Å²) < 4.78 is 7.09. The second-order valence-electron chi connectivity index (χ2n) is 8.07. The first-order valence-electron chi connectivity index (χ1n) is 10.3. The number of benzene rings is 2. The lowest BCUT2D eigenvalue weighted by Crippen LogP contribution is -2.21. The van der Waals surface area contributed by atoms with Gasteiger partial charge in [0.1, 0.15) is 0 Å². The maximum absolute atomic E-state index is 13.0. The van der Waals surface area contributed by atoms with Crippen molar-refractivity contribution in [3.05, 3.63) is 87.8 Å². The second kappa shape index (κ2) is 7.91. The molecular formula is C25H22ClN3O2. The van der Waals surface area contributed by atoms with Crippen LogP contribution in [0.3, 0.4) is 0 Å². The fourth-order valence-electron chi connectivity index (χ4n) is 4.31. The third-order valence-electron chi connectivity index (χ3n) is 5.90. The van der Waals surface area contributed by atoms with Gasteiger partial charge in [-0.15, -0.1) is 0 Å². The first-order chi connectivity index (χ1) is 15.0. The zero-order valence-electron chi connectivity index (χ0n) is 17.4. The van der Waals surface area contributed by atoms with Crippen molar-refractivity contribution in [1.29, 1.82) is 0 Å². The Labute approximate surface area is 185 Å². The van der Waals surface area contributed by atoms with E-state index in [1.54, 1.807) is 11.6 Å². The van der Waals surface area contributed by atoms with Crippen molar-refractivity contribution in [1.82, 2.24) is 14.6 Å². The molecule has 4 aromatic rings. The van der Waals surface area contributed by atoms with E-state index in [0.717, 1.165) is 34.6 Å². The van der Waals surface area contributed by atoms with E-state index in [-0.39, 0.29) is 11.7 Å². The molecule has 156 valence electrons. The van der Waals surface area contributed by atoms with Gasteiger partial charge in [-0.2, -0.15) is 5.10 Å². The predicted octanol–water partition coefficient (Wildman–Crippen LogP) is 5.42. The molecule has 0 amide bonds. The predicted molar refractivity (Wildman–Crippen MR) is 121 cm³/mol. The molecule has 6 heteroatoms. The van der Waals surface area contributed by atoms with Crippen molar-refractivity contribution in [2.45, 2.75) is 32.3 Å². The minimum absolute atomic E-state index is 0.109. The summed E-state index contributed by atoms with van der Waals surface area (Å²) in [6, 6.07) is 16.0. The minimum atomic E-state index is 0.109. The number of aromatic nitrogens is 3. The van der Waals surface area contributed by atoms with Crippen LogP contribution in [0.1, 0.15) is 45.2 Å². The summed E-state index contributed by atoms with van der Waals surface area (Å²) in [5.41, 5.74) is 7.26. The molecule has 1 aliphatic rings. The number of ether oxygens (including phenoxy) is 1. The molecule has 1 aliphatic carbocycles. The quantitative estimate of drug-likeness (QED) is 0.433. The van der Waals surface area contributed by atoms with Gasteiger partial charge in [-0.05, 0) is 42.5 Å². The number of ketones is 1. The van der Waals surface area contributed by atoms with Crippen LogP contribution < -0.4 is 0 Å². The third-order valence-corrected chi connectivity index (χ3v) is 6.15. The van der Waals surface area contributed by atoms with Crippen molar-refractivity contribution in [2.24, 2.45) is 0 Å². The number of carbonyl (C=O) groups excluding carboxylic acids is 1. The molecule has 1 unspecified atom stereocenters. The molecular weight excluding hydrogens is 410 g/mol. The van der Waals surface area contributed by atoms with Gasteiger partial charge in [-0.1, -0.05) is 53.6 Å². The summed E-state index contributed by atoms with van der Waals surface area (Å²) in [4.78, 5) is 17.9. The summed E-state index contributed by atoms with van der Waals surface area (Å²) in [6.45, 7) is 2.42. The molecule has 1 atom stereocenters. The number of methoxy groups -OCH3 is 1. The largest absolute Gasteiger partial charge is 0.378 e. The van der Waals surface area contributed by atoms with E-state index >= 15 is 0 Å². The highest BCUT2D eigenvalue weighted by Gasteiger charge is 2.29. The normalized spacial score (nSPS) is 16.0. The molecule has 0 aliphatic heterocycles. The highest BCUT2D eigenvalue weighted by Crippen LogP contribution is 2.35. The number of hydrogen-bond donors (Lipinski definition) is 0. The van der Waals surface area contributed by atoms with Gasteiger partial charge < -0.3 is 4.74 Å². The SMILES string of the molecule is COCc1nn2cc3c(nc2c1-c1ccc(Cl)cc1)CC(c1ccc(C)cc1)CC3=O. The van der Waals surface area contributed by atoms with Crippen molar-refractivity contribution < 1.29 is 9.53 Å². The maximum Gasteiger partial charge on any atom is 0.166 e. The Kier molecular flexibility index (Phi) is 5.08. The number of carbonyl (C=O) groups is 1. The van der Waals surface area contributed by atoms with E-state index in [2.05, 4.69) is 36.3 Å². The van der Waals surface area contributed by atoms with Crippen LogP contribution in [-0.2, 0) is 17.8 Å². The Bertz CT molecular complexity index is 1280. The number of aryl methyl sites for hydroxylation is 1. The van der Waals surface area contributed by atoms with Crippen LogP contribution in [0.5, 0.6) is 0 Å². The lowest BCUT2D eigenvalue weighted by Gasteiger charge is -2.23. The number of rotatable bonds is 4. The van der Waals surface area contributed by atoms with E-state index in [1.807, 2.05) is 30.5 Å². The van der Waals surface area contributed by atoms with Gasteiger partial charge >= 0.3 is 0 Å². The zero-order chi connectivity index (χ0) is 21.5. The fraction of sp³-hybridized carbons (Fsp3) is 0.240. The Morgan fingerprint density at radius 1 is 1.10 bits per heavy atom. The van der Waals surface area contributed by atoms with Crippen LogP contribution in [-0.4, -0.2) is 27.5 Å². The van der Waals surface area contributed by atoms with Crippen molar-refractivity contribution in [3.63, 3.8) is 0 Å². The molecule has 0 bridgehead atoms. The van der Waals surface area contributed by atoms with Crippen molar-refractivity contribution in [3.8, 4) is 11.1 Å². The Balaban J connectivity index is 1.64. The van der Waals surface area contributed by atoms with E-state index in [4.69, 9.17) is 21.3 Å². The van der Waals surface area contributed by atoms with Crippen LogP contribution in [0.15, 0.2) is 54.7 Å². The van der Waals surface area contributed by atoms with Gasteiger partial charge in [0.05, 0.1) is 29.1 Å². The van der Waals surface area contributed by atoms with E-state index < -0.39 is 0 Å². The number of halogens is 1. The monoisotopic (exact) mass is 431 g/mol. The molecule has 5 nitrogen and oxygen atoms in total. The van der Waals surface area contributed by atoms with Gasteiger partial charge in [0.2, 0.25) is 0 Å². The van der Waals surface area contributed by atoms with Gasteiger partial charge in [0.15, 0.2) is 11.4 Å².